The van der Waals surface area contributed by atoms with E-state index in [9.17, 15) is 13.2 Å². The first-order valence-corrected chi connectivity index (χ1v) is 6.21. The van der Waals surface area contributed by atoms with Crippen molar-refractivity contribution < 1.29 is 22.2 Å². The molecule has 2 heterocycles. The number of para-hydroxylation sites is 2. The highest BCUT2D eigenvalue weighted by Crippen LogP contribution is 2.37. The molecule has 0 fully saturated rings. The minimum Gasteiger partial charge on any atom is -0.435 e. The summed E-state index contributed by atoms with van der Waals surface area (Å²) in [6.45, 7) is 0. The predicted octanol–water partition coefficient (Wildman–Crippen LogP) is 2.86. The Morgan fingerprint density at radius 2 is 1.90 bits per heavy atom. The van der Waals surface area contributed by atoms with Crippen LogP contribution in [0.4, 0.5) is 19.1 Å². The number of hydrogen-bond acceptors (Lipinski definition) is 2. The van der Waals surface area contributed by atoms with Gasteiger partial charge < -0.3 is 10.2 Å². The zero-order valence-electron chi connectivity index (χ0n) is 11.4. The van der Waals surface area contributed by atoms with Crippen molar-refractivity contribution in [3.63, 3.8) is 0 Å². The summed E-state index contributed by atoms with van der Waals surface area (Å²) in [6.07, 6.45) is -4.56. The Morgan fingerprint density at radius 1 is 1.24 bits per heavy atom. The molecule has 2 aromatic heterocycles. The molecule has 0 aliphatic carbocycles. The normalized spacial score (nSPS) is 12.2. The predicted molar refractivity (Wildman–Crippen MR) is 71.2 cm³/mol. The molecule has 0 spiro atoms. The number of halogens is 3. The number of aromatic nitrogens is 2. The van der Waals surface area contributed by atoms with E-state index in [0.29, 0.717) is 5.82 Å². The van der Waals surface area contributed by atoms with Gasteiger partial charge in [-0.2, -0.15) is 13.2 Å². The molecular weight excluding hydrogens is 283 g/mol. The quantitative estimate of drug-likeness (QED) is 0.702. The number of hydrogen-bond donors (Lipinski definition) is 1. The van der Waals surface area contributed by atoms with Crippen molar-refractivity contribution in [2.45, 2.75) is 6.18 Å². The molecule has 3 rings (SSSR count). The van der Waals surface area contributed by atoms with E-state index in [4.69, 9.17) is 5.73 Å². The molecule has 0 amide bonds. The molecule has 0 radical (unpaired) electrons. The molecule has 21 heavy (non-hydrogen) atoms. The molecule has 110 valence electrons. The van der Waals surface area contributed by atoms with Crippen LogP contribution in [0.1, 0.15) is 5.76 Å². The molecule has 0 aliphatic rings. The second-order valence-corrected chi connectivity index (χ2v) is 4.82. The minimum atomic E-state index is -4.56. The lowest BCUT2D eigenvalue weighted by molar-refractivity contribution is -0.634. The average Bonchev–Trinajstić information content (AvgIpc) is 2.90. The van der Waals surface area contributed by atoms with E-state index in [1.165, 1.54) is 0 Å². The highest BCUT2D eigenvalue weighted by Gasteiger charge is 2.38. The fourth-order valence-electron chi connectivity index (χ4n) is 2.57. The van der Waals surface area contributed by atoms with Gasteiger partial charge in [-0.15, -0.1) is 0 Å². The number of nitrogen functional groups attached to an aromatic ring is 1. The lowest BCUT2D eigenvalue weighted by Gasteiger charge is -1.98. The monoisotopic (exact) mass is 296 g/mol. The fraction of sp³-hybridized carbons (Fsp3) is 0.214. The largest absolute Gasteiger partial charge is 0.449 e. The van der Waals surface area contributed by atoms with Crippen LogP contribution >= 0.6 is 0 Å². The van der Waals surface area contributed by atoms with Crippen LogP contribution in [-0.2, 0) is 20.3 Å². The molecule has 0 atom stereocenters. The number of alkyl halides is 3. The Hall–Kier alpha value is -2.44. The van der Waals surface area contributed by atoms with E-state index in [0.717, 1.165) is 17.1 Å². The van der Waals surface area contributed by atoms with Gasteiger partial charge in [-0.3, -0.25) is 0 Å². The van der Waals surface area contributed by atoms with Crippen molar-refractivity contribution in [2.75, 3.05) is 5.73 Å². The lowest BCUT2D eigenvalue weighted by atomic mass is 10.2. The fourth-order valence-corrected chi connectivity index (χ4v) is 2.57. The molecule has 2 N–H and O–H groups in total. The Kier molecular flexibility index (Phi) is 2.76. The van der Waals surface area contributed by atoms with Gasteiger partial charge in [0.05, 0.1) is 14.1 Å². The van der Waals surface area contributed by atoms with Crippen LogP contribution in [0, 0.1) is 0 Å². The Labute approximate surface area is 118 Å². The van der Waals surface area contributed by atoms with E-state index in [-0.39, 0.29) is 11.4 Å². The Bertz CT molecular complexity index is 791. The topological polar surface area (TPSA) is 48.0 Å². The van der Waals surface area contributed by atoms with E-state index in [2.05, 4.69) is 4.42 Å². The molecule has 3 aromatic rings. The molecule has 1 aromatic carbocycles. The molecule has 0 saturated heterocycles. The van der Waals surface area contributed by atoms with Gasteiger partial charge in [0.1, 0.15) is 5.56 Å². The van der Waals surface area contributed by atoms with Gasteiger partial charge in [-0.25, -0.2) is 9.13 Å². The number of aryl methyl sites for hydroxylation is 2. The van der Waals surface area contributed by atoms with E-state index in [1.54, 1.807) is 23.2 Å². The third-order valence-electron chi connectivity index (χ3n) is 3.52. The number of furan rings is 1. The molecule has 4 nitrogen and oxygen atoms in total. The van der Waals surface area contributed by atoms with Crippen LogP contribution in [0.15, 0.2) is 34.7 Å². The maximum absolute atomic E-state index is 12.7. The Balaban J connectivity index is 2.29. The van der Waals surface area contributed by atoms with Crippen molar-refractivity contribution >= 4 is 16.9 Å². The second kappa shape index (κ2) is 4.28. The summed E-state index contributed by atoms with van der Waals surface area (Å²) in [5, 5.41) is 0. The second-order valence-electron chi connectivity index (χ2n) is 4.82. The van der Waals surface area contributed by atoms with Gasteiger partial charge in [0, 0.05) is 6.07 Å². The SMILES string of the molecule is Cn1c(-c2cc(C(F)(F)F)oc2N)[n+](C)c2ccccc21. The molecule has 0 aliphatic heterocycles. The minimum absolute atomic E-state index is 0.225. The van der Waals surface area contributed by atoms with Crippen LogP contribution in [0.5, 0.6) is 0 Å². The summed E-state index contributed by atoms with van der Waals surface area (Å²) >= 11 is 0. The highest BCUT2D eigenvalue weighted by molar-refractivity contribution is 5.78. The number of anilines is 1. The van der Waals surface area contributed by atoms with Gasteiger partial charge in [0.15, 0.2) is 11.0 Å². The van der Waals surface area contributed by atoms with Crippen molar-refractivity contribution in [1.29, 1.82) is 0 Å². The summed E-state index contributed by atoms with van der Waals surface area (Å²) < 4.78 is 46.5. The molecule has 7 heteroatoms. The number of nitrogens with zero attached hydrogens (tertiary/aromatic N) is 2. The van der Waals surface area contributed by atoms with Crippen molar-refractivity contribution in [3.05, 3.63) is 36.1 Å². The number of nitrogens with two attached hydrogens (primary N) is 1. The number of rotatable bonds is 1. The maximum atomic E-state index is 12.7. The van der Waals surface area contributed by atoms with Gasteiger partial charge in [-0.1, -0.05) is 12.1 Å². The zero-order valence-corrected chi connectivity index (χ0v) is 11.4. The van der Waals surface area contributed by atoms with Crippen molar-refractivity contribution in [3.8, 4) is 11.4 Å². The van der Waals surface area contributed by atoms with Crippen molar-refractivity contribution in [2.24, 2.45) is 14.1 Å². The van der Waals surface area contributed by atoms with Crippen LogP contribution in [0.2, 0.25) is 0 Å². The van der Waals surface area contributed by atoms with Crippen LogP contribution in [-0.4, -0.2) is 4.57 Å². The molecule has 0 saturated carbocycles. The molecule has 0 unspecified atom stereocenters. The summed E-state index contributed by atoms with van der Waals surface area (Å²) in [6, 6.07) is 8.45. The number of benzene rings is 1. The third kappa shape index (κ3) is 1.96. The maximum Gasteiger partial charge on any atom is 0.449 e. The van der Waals surface area contributed by atoms with E-state index >= 15 is 0 Å². The number of fused-ring (bicyclic) bond motifs is 1. The van der Waals surface area contributed by atoms with Crippen LogP contribution < -0.4 is 10.3 Å². The smallest absolute Gasteiger partial charge is 0.435 e. The van der Waals surface area contributed by atoms with Crippen molar-refractivity contribution in [1.82, 2.24) is 4.57 Å². The third-order valence-corrected chi connectivity index (χ3v) is 3.52. The zero-order chi connectivity index (χ0) is 15.4. The highest BCUT2D eigenvalue weighted by atomic mass is 19.4. The van der Waals surface area contributed by atoms with Crippen LogP contribution in [0.25, 0.3) is 22.4 Å². The number of imidazole rings is 1. The van der Waals surface area contributed by atoms with Gasteiger partial charge in [0.25, 0.3) is 5.82 Å². The Morgan fingerprint density at radius 3 is 2.48 bits per heavy atom. The summed E-state index contributed by atoms with van der Waals surface area (Å²) in [4.78, 5) is 0. The first-order chi connectivity index (χ1) is 9.80. The standard InChI is InChI=1S/C14H12F3N3O/c1-19-9-5-3-4-6-10(9)20(2)13(19)8-7-11(14(15,16)17)21-12(8)18/h3-7,18H,1-2H3/p+1. The summed E-state index contributed by atoms with van der Waals surface area (Å²) in [7, 11) is 3.55. The summed E-state index contributed by atoms with van der Waals surface area (Å²) in [5.74, 6) is -0.794. The van der Waals surface area contributed by atoms with Gasteiger partial charge in [-0.05, 0) is 12.1 Å². The molecular formula is C14H13F3N3O+. The molecule has 0 bridgehead atoms. The van der Waals surface area contributed by atoms with Gasteiger partial charge in [0.2, 0.25) is 11.6 Å². The van der Waals surface area contributed by atoms with E-state index in [1.807, 2.05) is 24.3 Å². The van der Waals surface area contributed by atoms with Crippen LogP contribution in [0.3, 0.4) is 0 Å². The van der Waals surface area contributed by atoms with Gasteiger partial charge >= 0.3 is 6.18 Å². The first-order valence-electron chi connectivity index (χ1n) is 6.21. The average molecular weight is 296 g/mol. The lowest BCUT2D eigenvalue weighted by Crippen LogP contribution is -2.30. The summed E-state index contributed by atoms with van der Waals surface area (Å²) in [5.41, 5.74) is 7.65. The van der Waals surface area contributed by atoms with E-state index < -0.39 is 11.9 Å². The first kappa shape index (κ1) is 13.5.